The molecule has 0 spiro atoms. The fraction of sp³-hybridized carbons (Fsp3) is 0.333. The van der Waals surface area contributed by atoms with E-state index in [4.69, 9.17) is 10.9 Å². The number of hydrogen-bond acceptors (Lipinski definition) is 3. The van der Waals surface area contributed by atoms with E-state index in [0.717, 1.165) is 12.1 Å². The number of halogens is 2. The van der Waals surface area contributed by atoms with Crippen molar-refractivity contribution >= 4 is 11.7 Å². The van der Waals surface area contributed by atoms with Crippen molar-refractivity contribution in [2.24, 2.45) is 16.8 Å². The Kier molecular flexibility index (Phi) is 5.23. The van der Waals surface area contributed by atoms with Crippen molar-refractivity contribution < 1.29 is 18.8 Å². The van der Waals surface area contributed by atoms with Gasteiger partial charge < -0.3 is 16.3 Å². The quantitative estimate of drug-likeness (QED) is 0.323. The molecular formula is C12H15F2N3O2. The summed E-state index contributed by atoms with van der Waals surface area (Å²) < 4.78 is 25.6. The lowest BCUT2D eigenvalue weighted by Crippen LogP contribution is -2.35. The molecule has 0 heterocycles. The van der Waals surface area contributed by atoms with Crippen LogP contribution in [0.5, 0.6) is 0 Å². The fourth-order valence-corrected chi connectivity index (χ4v) is 1.37. The third kappa shape index (κ3) is 4.53. The minimum absolute atomic E-state index is 0.00752. The first kappa shape index (κ1) is 14.9. The number of nitrogens with one attached hydrogen (secondary N) is 1. The zero-order valence-corrected chi connectivity index (χ0v) is 10.4. The molecule has 0 fully saturated rings. The number of amidine groups is 1. The third-order valence-electron chi connectivity index (χ3n) is 2.57. The fourth-order valence-electron chi connectivity index (χ4n) is 1.37. The van der Waals surface area contributed by atoms with Crippen molar-refractivity contribution in [3.63, 3.8) is 0 Å². The summed E-state index contributed by atoms with van der Waals surface area (Å²) >= 11 is 0. The standard InChI is InChI=1S/C12H15F2N3O2/c1-7(12(15)17-19)6-16-11(18)5-8-2-3-9(13)10(14)4-8/h2-4,7,19H,5-6H2,1H3,(H2,15,17)(H,16,18). The van der Waals surface area contributed by atoms with Gasteiger partial charge in [-0.1, -0.05) is 18.1 Å². The zero-order valence-electron chi connectivity index (χ0n) is 10.4. The normalized spacial score (nSPS) is 13.1. The largest absolute Gasteiger partial charge is 0.409 e. The number of rotatable bonds is 5. The first-order chi connectivity index (χ1) is 8.93. The van der Waals surface area contributed by atoms with Crippen LogP contribution in [0.1, 0.15) is 12.5 Å². The molecule has 1 atom stereocenters. The second kappa shape index (κ2) is 6.67. The lowest BCUT2D eigenvalue weighted by molar-refractivity contribution is -0.120. The Labute approximate surface area is 109 Å². The number of carbonyl (C=O) groups is 1. The second-order valence-corrected chi connectivity index (χ2v) is 4.16. The van der Waals surface area contributed by atoms with E-state index >= 15 is 0 Å². The summed E-state index contributed by atoms with van der Waals surface area (Å²) in [4.78, 5) is 11.6. The monoisotopic (exact) mass is 271 g/mol. The lowest BCUT2D eigenvalue weighted by atomic mass is 10.1. The van der Waals surface area contributed by atoms with Gasteiger partial charge in [0.1, 0.15) is 5.84 Å². The van der Waals surface area contributed by atoms with Crippen LogP contribution < -0.4 is 11.1 Å². The van der Waals surface area contributed by atoms with E-state index in [1.807, 2.05) is 0 Å². The van der Waals surface area contributed by atoms with Crippen LogP contribution in [0.15, 0.2) is 23.4 Å². The van der Waals surface area contributed by atoms with Gasteiger partial charge in [-0.15, -0.1) is 0 Å². The Balaban J connectivity index is 2.49. The van der Waals surface area contributed by atoms with Crippen molar-refractivity contribution in [1.82, 2.24) is 5.32 Å². The van der Waals surface area contributed by atoms with Gasteiger partial charge in [-0.25, -0.2) is 8.78 Å². The van der Waals surface area contributed by atoms with Gasteiger partial charge in [0.2, 0.25) is 5.91 Å². The van der Waals surface area contributed by atoms with Crippen LogP contribution in [0.2, 0.25) is 0 Å². The van der Waals surface area contributed by atoms with Gasteiger partial charge >= 0.3 is 0 Å². The highest BCUT2D eigenvalue weighted by molar-refractivity contribution is 5.83. The Morgan fingerprint density at radius 3 is 2.74 bits per heavy atom. The topological polar surface area (TPSA) is 87.7 Å². The Morgan fingerprint density at radius 2 is 2.16 bits per heavy atom. The molecule has 19 heavy (non-hydrogen) atoms. The number of carbonyl (C=O) groups excluding carboxylic acids is 1. The van der Waals surface area contributed by atoms with Crippen molar-refractivity contribution in [2.45, 2.75) is 13.3 Å². The first-order valence-electron chi connectivity index (χ1n) is 5.62. The van der Waals surface area contributed by atoms with E-state index in [-0.39, 0.29) is 30.6 Å². The van der Waals surface area contributed by atoms with E-state index in [9.17, 15) is 13.6 Å². The van der Waals surface area contributed by atoms with Gasteiger partial charge in [0, 0.05) is 12.5 Å². The zero-order chi connectivity index (χ0) is 14.4. The Morgan fingerprint density at radius 1 is 1.47 bits per heavy atom. The highest BCUT2D eigenvalue weighted by Gasteiger charge is 2.11. The summed E-state index contributed by atoms with van der Waals surface area (Å²) in [6.45, 7) is 1.87. The molecule has 7 heteroatoms. The van der Waals surface area contributed by atoms with Crippen LogP contribution in [0.4, 0.5) is 8.78 Å². The summed E-state index contributed by atoms with van der Waals surface area (Å²) in [5.41, 5.74) is 5.72. The van der Waals surface area contributed by atoms with Crippen LogP contribution in [0, 0.1) is 17.6 Å². The smallest absolute Gasteiger partial charge is 0.224 e. The van der Waals surface area contributed by atoms with Gasteiger partial charge in [0.15, 0.2) is 11.6 Å². The van der Waals surface area contributed by atoms with Gasteiger partial charge in [-0.05, 0) is 17.7 Å². The summed E-state index contributed by atoms with van der Waals surface area (Å²) in [5, 5.41) is 13.8. The maximum atomic E-state index is 12.9. The van der Waals surface area contributed by atoms with Crippen molar-refractivity contribution in [2.75, 3.05) is 6.54 Å². The van der Waals surface area contributed by atoms with Crippen molar-refractivity contribution in [3.8, 4) is 0 Å². The van der Waals surface area contributed by atoms with E-state index < -0.39 is 11.6 Å². The number of hydrogen-bond donors (Lipinski definition) is 3. The van der Waals surface area contributed by atoms with E-state index in [2.05, 4.69) is 10.5 Å². The summed E-state index contributed by atoms with van der Waals surface area (Å²) in [5.74, 6) is -2.62. The average Bonchev–Trinajstić information content (AvgIpc) is 2.39. The van der Waals surface area contributed by atoms with Crippen LogP contribution in [-0.4, -0.2) is 23.5 Å². The predicted molar refractivity (Wildman–Crippen MR) is 65.6 cm³/mol. The third-order valence-corrected chi connectivity index (χ3v) is 2.57. The van der Waals surface area contributed by atoms with Crippen LogP contribution in [0.3, 0.4) is 0 Å². The molecule has 1 amide bonds. The molecule has 0 saturated carbocycles. The number of benzene rings is 1. The Bertz CT molecular complexity index is 492. The maximum Gasteiger partial charge on any atom is 0.224 e. The minimum atomic E-state index is -0.990. The molecule has 1 rings (SSSR count). The van der Waals surface area contributed by atoms with Gasteiger partial charge in [-0.2, -0.15) is 0 Å². The highest BCUT2D eigenvalue weighted by atomic mass is 19.2. The van der Waals surface area contributed by atoms with Gasteiger partial charge in [0.25, 0.3) is 0 Å². The molecule has 0 saturated heterocycles. The second-order valence-electron chi connectivity index (χ2n) is 4.16. The van der Waals surface area contributed by atoms with Crippen LogP contribution in [0.25, 0.3) is 0 Å². The van der Waals surface area contributed by atoms with Crippen molar-refractivity contribution in [1.29, 1.82) is 0 Å². The minimum Gasteiger partial charge on any atom is -0.409 e. The van der Waals surface area contributed by atoms with Gasteiger partial charge in [0.05, 0.1) is 6.42 Å². The molecule has 1 aromatic carbocycles. The Hall–Kier alpha value is -2.18. The molecule has 0 aromatic heterocycles. The molecule has 104 valence electrons. The highest BCUT2D eigenvalue weighted by Crippen LogP contribution is 2.09. The molecule has 1 aromatic rings. The van der Waals surface area contributed by atoms with E-state index in [0.29, 0.717) is 5.56 Å². The number of amides is 1. The number of nitrogens with two attached hydrogens (primary N) is 1. The average molecular weight is 271 g/mol. The number of oxime groups is 1. The summed E-state index contributed by atoms with van der Waals surface area (Å²) in [6, 6.07) is 3.28. The SMILES string of the molecule is CC(CNC(=O)Cc1ccc(F)c(F)c1)C(N)=NO. The van der Waals surface area contributed by atoms with Gasteiger partial charge in [-0.3, -0.25) is 4.79 Å². The molecule has 0 bridgehead atoms. The molecule has 5 nitrogen and oxygen atoms in total. The molecule has 0 radical (unpaired) electrons. The molecule has 0 aliphatic carbocycles. The maximum absolute atomic E-state index is 12.9. The number of nitrogens with zero attached hydrogens (tertiary/aromatic N) is 1. The van der Waals surface area contributed by atoms with E-state index in [1.54, 1.807) is 6.92 Å². The molecule has 1 unspecified atom stereocenters. The van der Waals surface area contributed by atoms with Crippen LogP contribution >= 0.6 is 0 Å². The van der Waals surface area contributed by atoms with Crippen molar-refractivity contribution in [3.05, 3.63) is 35.4 Å². The lowest BCUT2D eigenvalue weighted by Gasteiger charge is -2.11. The summed E-state index contributed by atoms with van der Waals surface area (Å²) in [6.07, 6.45) is -0.0694. The molecule has 0 aliphatic rings. The summed E-state index contributed by atoms with van der Waals surface area (Å²) in [7, 11) is 0. The predicted octanol–water partition coefficient (Wildman–Crippen LogP) is 1.01. The first-order valence-corrected chi connectivity index (χ1v) is 5.62. The molecular weight excluding hydrogens is 256 g/mol. The van der Waals surface area contributed by atoms with E-state index in [1.165, 1.54) is 6.07 Å². The molecule has 0 aliphatic heterocycles. The molecule has 4 N–H and O–H groups in total. The van der Waals surface area contributed by atoms with Crippen LogP contribution in [-0.2, 0) is 11.2 Å².